The Bertz CT molecular complexity index is 863. The largest absolute Gasteiger partial charge is 0.444 e. The molecule has 0 atom stereocenters. The average Bonchev–Trinajstić information content (AvgIpc) is 2.69. The van der Waals surface area contributed by atoms with E-state index in [0.29, 0.717) is 32.0 Å². The predicted octanol–water partition coefficient (Wildman–Crippen LogP) is 3.68. The summed E-state index contributed by atoms with van der Waals surface area (Å²) in [6, 6.07) is 12.0. The van der Waals surface area contributed by atoms with Gasteiger partial charge in [-0.15, -0.1) is 0 Å². The van der Waals surface area contributed by atoms with E-state index < -0.39 is 5.60 Å². The highest BCUT2D eigenvalue weighted by atomic mass is 16.6. The number of carbonyl (C=O) groups is 1. The summed E-state index contributed by atoms with van der Waals surface area (Å²) in [6.07, 6.45) is 4.71. The Morgan fingerprint density at radius 3 is 2.45 bits per heavy atom. The third-order valence-electron chi connectivity index (χ3n) is 5.21. The molecule has 0 bridgehead atoms. The second-order valence-corrected chi connectivity index (χ2v) is 8.74. The van der Waals surface area contributed by atoms with Crippen molar-refractivity contribution in [1.82, 2.24) is 14.7 Å². The van der Waals surface area contributed by atoms with Gasteiger partial charge in [-0.2, -0.15) is 5.10 Å². The lowest BCUT2D eigenvalue weighted by Crippen LogP contribution is -2.43. The Morgan fingerprint density at radius 1 is 1.10 bits per heavy atom. The number of likely N-dealkylation sites (tertiary alicyclic amines) is 1. The monoisotopic (exact) mass is 397 g/mol. The summed E-state index contributed by atoms with van der Waals surface area (Å²) in [5.74, 6) is 0.336. The summed E-state index contributed by atoms with van der Waals surface area (Å²) in [7, 11) is 0. The van der Waals surface area contributed by atoms with Crippen molar-refractivity contribution in [3.8, 4) is 0 Å². The van der Waals surface area contributed by atoms with Gasteiger partial charge in [0.2, 0.25) is 0 Å². The highest BCUT2D eigenvalue weighted by molar-refractivity contribution is 5.68. The number of piperidine rings is 1. The minimum Gasteiger partial charge on any atom is -0.444 e. The summed E-state index contributed by atoms with van der Waals surface area (Å²) >= 11 is 0. The molecular weight excluding hydrogens is 366 g/mol. The van der Waals surface area contributed by atoms with Gasteiger partial charge in [-0.25, -0.2) is 9.48 Å². The Balaban J connectivity index is 1.55. The Kier molecular flexibility index (Phi) is 6.72. The Hall–Kier alpha value is -2.63. The van der Waals surface area contributed by atoms with Crippen LogP contribution in [0.2, 0.25) is 0 Å². The lowest BCUT2D eigenvalue weighted by atomic mass is 9.97. The van der Waals surface area contributed by atoms with E-state index >= 15 is 0 Å². The smallest absolute Gasteiger partial charge is 0.410 e. The first kappa shape index (κ1) is 21.1. The topological polar surface area (TPSA) is 64.4 Å². The van der Waals surface area contributed by atoms with Gasteiger partial charge in [0, 0.05) is 31.4 Å². The lowest BCUT2D eigenvalue weighted by Gasteiger charge is -2.33. The lowest BCUT2D eigenvalue weighted by molar-refractivity contribution is 0.0176. The molecule has 1 aliphatic rings. The van der Waals surface area contributed by atoms with Crippen molar-refractivity contribution >= 4 is 6.09 Å². The zero-order valence-corrected chi connectivity index (χ0v) is 17.6. The summed E-state index contributed by atoms with van der Waals surface area (Å²) in [6.45, 7) is 7.53. The third kappa shape index (κ3) is 6.17. The third-order valence-corrected chi connectivity index (χ3v) is 5.21. The molecule has 1 aromatic carbocycles. The van der Waals surface area contributed by atoms with Crippen LogP contribution in [0.5, 0.6) is 0 Å². The zero-order chi connectivity index (χ0) is 20.9. The molecular formula is C23H31N3O3. The van der Waals surface area contributed by atoms with Gasteiger partial charge in [0.05, 0.1) is 0 Å². The summed E-state index contributed by atoms with van der Waals surface area (Å²) < 4.78 is 7.04. The standard InChI is InChI=1S/C23H31N3O3/c1-23(2,3)29-22(28)25-15-12-19(13-16-25)17-26-21(27)20(11-14-24-26)10-9-18-7-5-4-6-8-18/h4-8,11,14,19H,9-10,12-13,15-17H2,1-3H3. The van der Waals surface area contributed by atoms with Crippen LogP contribution in [-0.2, 0) is 24.1 Å². The number of hydrogen-bond donors (Lipinski definition) is 0. The first-order valence-electron chi connectivity index (χ1n) is 10.4. The van der Waals surface area contributed by atoms with E-state index in [-0.39, 0.29) is 11.7 Å². The highest BCUT2D eigenvalue weighted by Gasteiger charge is 2.27. The Morgan fingerprint density at radius 2 is 1.79 bits per heavy atom. The summed E-state index contributed by atoms with van der Waals surface area (Å²) in [5, 5.41) is 4.29. The van der Waals surface area contributed by atoms with Gasteiger partial charge in [-0.3, -0.25) is 4.79 Å². The number of rotatable bonds is 5. The van der Waals surface area contributed by atoms with Crippen molar-refractivity contribution < 1.29 is 9.53 Å². The van der Waals surface area contributed by atoms with Crippen LogP contribution in [0, 0.1) is 5.92 Å². The molecule has 2 aromatic rings. The molecule has 0 radical (unpaired) electrons. The van der Waals surface area contributed by atoms with Crippen LogP contribution < -0.4 is 5.56 Å². The number of nitrogens with zero attached hydrogens (tertiary/aromatic N) is 3. The van der Waals surface area contributed by atoms with E-state index in [1.807, 2.05) is 45.0 Å². The molecule has 6 heteroatoms. The maximum atomic E-state index is 12.8. The molecule has 1 saturated heterocycles. The molecule has 1 fully saturated rings. The fourth-order valence-corrected chi connectivity index (χ4v) is 3.61. The van der Waals surface area contributed by atoms with Gasteiger partial charge < -0.3 is 9.64 Å². The van der Waals surface area contributed by atoms with E-state index in [2.05, 4.69) is 17.2 Å². The van der Waals surface area contributed by atoms with Crippen LogP contribution in [-0.4, -0.2) is 39.5 Å². The van der Waals surface area contributed by atoms with Gasteiger partial charge in [0.1, 0.15) is 5.60 Å². The highest BCUT2D eigenvalue weighted by Crippen LogP contribution is 2.20. The van der Waals surface area contributed by atoms with Gasteiger partial charge in [0.15, 0.2) is 0 Å². The van der Waals surface area contributed by atoms with Crippen molar-refractivity contribution in [2.24, 2.45) is 5.92 Å². The molecule has 1 aliphatic heterocycles. The molecule has 1 amide bonds. The van der Waals surface area contributed by atoms with Gasteiger partial charge in [-0.05, 0) is 64.0 Å². The van der Waals surface area contributed by atoms with Crippen LogP contribution >= 0.6 is 0 Å². The molecule has 0 N–H and O–H groups in total. The molecule has 0 aliphatic carbocycles. The second-order valence-electron chi connectivity index (χ2n) is 8.74. The molecule has 0 spiro atoms. The molecule has 3 rings (SSSR count). The molecule has 6 nitrogen and oxygen atoms in total. The van der Waals surface area contributed by atoms with E-state index in [0.717, 1.165) is 24.8 Å². The van der Waals surface area contributed by atoms with Crippen molar-refractivity contribution in [3.63, 3.8) is 0 Å². The van der Waals surface area contributed by atoms with E-state index in [1.54, 1.807) is 15.8 Å². The molecule has 0 unspecified atom stereocenters. The normalized spacial score (nSPS) is 15.3. The molecule has 156 valence electrons. The van der Waals surface area contributed by atoms with E-state index in [1.165, 1.54) is 5.56 Å². The molecule has 0 saturated carbocycles. The van der Waals surface area contributed by atoms with Crippen LogP contribution in [0.3, 0.4) is 0 Å². The first-order valence-corrected chi connectivity index (χ1v) is 10.4. The van der Waals surface area contributed by atoms with Crippen molar-refractivity contribution in [1.29, 1.82) is 0 Å². The number of ether oxygens (including phenoxy) is 1. The minimum absolute atomic E-state index is 0.00185. The van der Waals surface area contributed by atoms with Gasteiger partial charge in [0.25, 0.3) is 5.56 Å². The minimum atomic E-state index is -0.481. The van der Waals surface area contributed by atoms with Crippen molar-refractivity contribution in [2.75, 3.05) is 13.1 Å². The number of aryl methyl sites for hydroxylation is 2. The molecule has 2 heterocycles. The SMILES string of the molecule is CC(C)(C)OC(=O)N1CCC(Cn2nccc(CCc3ccccc3)c2=O)CC1. The van der Waals surface area contributed by atoms with E-state index in [4.69, 9.17) is 4.74 Å². The van der Waals surface area contributed by atoms with Crippen LogP contribution in [0.25, 0.3) is 0 Å². The number of carbonyl (C=O) groups excluding carboxylic acids is 1. The van der Waals surface area contributed by atoms with Crippen LogP contribution in [0.4, 0.5) is 4.79 Å². The number of aromatic nitrogens is 2. The Labute approximate surface area is 172 Å². The number of hydrogen-bond acceptors (Lipinski definition) is 4. The fraction of sp³-hybridized carbons (Fsp3) is 0.522. The van der Waals surface area contributed by atoms with Crippen LogP contribution in [0.1, 0.15) is 44.7 Å². The van der Waals surface area contributed by atoms with Crippen molar-refractivity contribution in [2.45, 2.75) is 58.6 Å². The first-order chi connectivity index (χ1) is 13.8. The molecule has 1 aromatic heterocycles. The summed E-state index contributed by atoms with van der Waals surface area (Å²) in [5.41, 5.74) is 1.54. The van der Waals surface area contributed by atoms with Gasteiger partial charge in [-0.1, -0.05) is 30.3 Å². The van der Waals surface area contributed by atoms with Crippen LogP contribution in [0.15, 0.2) is 47.4 Å². The van der Waals surface area contributed by atoms with Gasteiger partial charge >= 0.3 is 6.09 Å². The average molecular weight is 398 g/mol. The fourth-order valence-electron chi connectivity index (χ4n) is 3.61. The maximum absolute atomic E-state index is 12.8. The second kappa shape index (κ2) is 9.25. The maximum Gasteiger partial charge on any atom is 0.410 e. The van der Waals surface area contributed by atoms with Crippen molar-refractivity contribution in [3.05, 3.63) is 64.1 Å². The number of amides is 1. The quantitative estimate of drug-likeness (QED) is 0.772. The number of benzene rings is 1. The zero-order valence-electron chi connectivity index (χ0n) is 17.6. The molecule has 29 heavy (non-hydrogen) atoms. The predicted molar refractivity (Wildman–Crippen MR) is 113 cm³/mol. The van der Waals surface area contributed by atoms with E-state index in [9.17, 15) is 9.59 Å². The summed E-state index contributed by atoms with van der Waals surface area (Å²) in [4.78, 5) is 26.8.